The van der Waals surface area contributed by atoms with Gasteiger partial charge in [0.15, 0.2) is 5.65 Å². The first kappa shape index (κ1) is 27.0. The number of carbonyl (C=O) groups excluding carboxylic acids is 1. The summed E-state index contributed by atoms with van der Waals surface area (Å²) in [5, 5.41) is 4.65. The van der Waals surface area contributed by atoms with E-state index < -0.39 is 6.04 Å². The molecular weight excluding hydrogens is 556 g/mol. The highest BCUT2D eigenvalue weighted by Crippen LogP contribution is 2.31. The Bertz CT molecular complexity index is 1450. The topological polar surface area (TPSA) is 98.5 Å². The summed E-state index contributed by atoms with van der Waals surface area (Å²) >= 11 is 9.96. The summed E-state index contributed by atoms with van der Waals surface area (Å²) in [6, 6.07) is 16.4. The van der Waals surface area contributed by atoms with Crippen molar-refractivity contribution in [2.45, 2.75) is 39.8 Å². The molecule has 0 radical (unpaired) electrons. The van der Waals surface area contributed by atoms with Gasteiger partial charge >= 0.3 is 5.69 Å². The molecule has 2 aromatic heterocycles. The zero-order valence-corrected chi connectivity index (χ0v) is 23.4. The lowest BCUT2D eigenvalue weighted by Gasteiger charge is -2.35. The van der Waals surface area contributed by atoms with E-state index in [0.717, 1.165) is 10.0 Å². The van der Waals surface area contributed by atoms with E-state index in [-0.39, 0.29) is 29.7 Å². The lowest BCUT2D eigenvalue weighted by molar-refractivity contribution is 0.0601. The molecule has 0 saturated carbocycles. The fourth-order valence-electron chi connectivity index (χ4n) is 4.43. The average Bonchev–Trinajstić information content (AvgIpc) is 3.17. The molecule has 0 aliphatic rings. The lowest BCUT2D eigenvalue weighted by Crippen LogP contribution is -2.43. The summed E-state index contributed by atoms with van der Waals surface area (Å²) in [6.45, 7) is 6.87. The van der Waals surface area contributed by atoms with E-state index in [9.17, 15) is 9.59 Å². The summed E-state index contributed by atoms with van der Waals surface area (Å²) in [5.41, 5.74) is 7.77. The van der Waals surface area contributed by atoms with Crippen molar-refractivity contribution in [3.63, 3.8) is 0 Å². The third-order valence-corrected chi connectivity index (χ3v) is 7.22. The molecule has 2 aromatic carbocycles. The summed E-state index contributed by atoms with van der Waals surface area (Å²) in [6.07, 6.45) is 0.600. The van der Waals surface area contributed by atoms with Gasteiger partial charge in [-0.2, -0.15) is 9.61 Å². The Morgan fingerprint density at radius 1 is 1.14 bits per heavy atom. The monoisotopic (exact) mass is 584 g/mol. The van der Waals surface area contributed by atoms with Gasteiger partial charge in [-0.05, 0) is 55.6 Å². The van der Waals surface area contributed by atoms with Crippen LogP contribution in [0.25, 0.3) is 5.65 Å². The molecule has 0 aliphatic carbocycles. The van der Waals surface area contributed by atoms with E-state index in [4.69, 9.17) is 22.3 Å². The molecule has 0 aliphatic heterocycles. The Kier molecular flexibility index (Phi) is 8.46. The van der Waals surface area contributed by atoms with Crippen molar-refractivity contribution in [2.75, 3.05) is 13.1 Å². The van der Waals surface area contributed by atoms with Gasteiger partial charge in [0.25, 0.3) is 5.91 Å². The van der Waals surface area contributed by atoms with Gasteiger partial charge in [-0.25, -0.2) is 9.78 Å². The van der Waals surface area contributed by atoms with Crippen molar-refractivity contribution in [3.05, 3.63) is 97.2 Å². The maximum atomic E-state index is 13.9. The van der Waals surface area contributed by atoms with Gasteiger partial charge in [0.1, 0.15) is 10.8 Å². The van der Waals surface area contributed by atoms with Crippen LogP contribution >= 0.6 is 27.5 Å². The van der Waals surface area contributed by atoms with Crippen molar-refractivity contribution >= 4 is 39.1 Å². The van der Waals surface area contributed by atoms with Gasteiger partial charge in [0.05, 0.1) is 18.3 Å². The quantitative estimate of drug-likeness (QED) is 0.303. The van der Waals surface area contributed by atoms with Crippen LogP contribution in [-0.2, 0) is 6.54 Å². The van der Waals surface area contributed by atoms with E-state index in [2.05, 4.69) is 21.0 Å². The zero-order valence-electron chi connectivity index (χ0n) is 21.1. The van der Waals surface area contributed by atoms with E-state index in [1.165, 1.54) is 4.52 Å². The van der Waals surface area contributed by atoms with Crippen LogP contribution in [0.5, 0.6) is 0 Å². The number of benzene rings is 2. The molecule has 0 saturated heterocycles. The number of hydrogen-bond donors (Lipinski definition) is 1. The van der Waals surface area contributed by atoms with Crippen molar-refractivity contribution < 1.29 is 4.79 Å². The smallest absolute Gasteiger partial charge is 0.330 e. The summed E-state index contributed by atoms with van der Waals surface area (Å²) in [7, 11) is 0. The third kappa shape index (κ3) is 5.63. The maximum absolute atomic E-state index is 13.9. The fraction of sp³-hybridized carbons (Fsp3) is 0.333. The molecule has 37 heavy (non-hydrogen) atoms. The zero-order chi connectivity index (χ0) is 26.7. The maximum Gasteiger partial charge on any atom is 0.352 e. The first-order chi connectivity index (χ1) is 17.7. The molecule has 0 unspecified atom stereocenters. The second-order valence-corrected chi connectivity index (χ2v) is 10.6. The van der Waals surface area contributed by atoms with Crippen LogP contribution in [0, 0.1) is 12.8 Å². The van der Waals surface area contributed by atoms with E-state index in [0.29, 0.717) is 41.6 Å². The van der Waals surface area contributed by atoms with Crippen LogP contribution < -0.4 is 11.4 Å². The predicted molar refractivity (Wildman–Crippen MR) is 149 cm³/mol. The minimum absolute atomic E-state index is 0.0728. The molecule has 4 aromatic rings. The van der Waals surface area contributed by atoms with Crippen LogP contribution in [0.15, 0.2) is 63.9 Å². The Morgan fingerprint density at radius 3 is 2.43 bits per heavy atom. The van der Waals surface area contributed by atoms with Gasteiger partial charge < -0.3 is 10.6 Å². The van der Waals surface area contributed by atoms with Crippen molar-refractivity contribution in [3.8, 4) is 0 Å². The second-order valence-electron chi connectivity index (χ2n) is 9.30. The van der Waals surface area contributed by atoms with Crippen LogP contribution in [-0.4, -0.2) is 43.1 Å². The summed E-state index contributed by atoms with van der Waals surface area (Å²) in [4.78, 5) is 34.3. The largest absolute Gasteiger partial charge is 0.352 e. The molecule has 4 rings (SSSR count). The Balaban J connectivity index is 1.94. The highest BCUT2D eigenvalue weighted by Gasteiger charge is 2.33. The molecule has 0 spiro atoms. The van der Waals surface area contributed by atoms with E-state index in [1.807, 2.05) is 56.3 Å². The fourth-order valence-corrected chi connectivity index (χ4v) is 4.86. The number of fused-ring (bicyclic) bond motifs is 1. The predicted octanol–water partition coefficient (Wildman–Crippen LogP) is 4.85. The number of aromatic nitrogens is 4. The second kappa shape index (κ2) is 11.6. The molecule has 1 amide bonds. The number of halogens is 2. The van der Waals surface area contributed by atoms with Crippen LogP contribution in [0.4, 0.5) is 0 Å². The molecule has 10 heteroatoms. The number of hydrogen-bond acceptors (Lipinski definition) is 5. The minimum Gasteiger partial charge on any atom is -0.330 e. The molecule has 194 valence electrons. The molecule has 0 bridgehead atoms. The Hall–Kier alpha value is -3.01. The molecule has 2 heterocycles. The molecule has 0 fully saturated rings. The van der Waals surface area contributed by atoms with Gasteiger partial charge in [-0.1, -0.05) is 71.7 Å². The highest BCUT2D eigenvalue weighted by molar-refractivity contribution is 9.10. The Labute approximate surface area is 229 Å². The SMILES string of the molecule is Cc1nn2c(=O)n(Cc3ccccc3)c([C@H](C(C)C)N(CCCN)C(=O)c3ccc(Br)cc3)nc2c1Cl. The first-order valence-corrected chi connectivity index (χ1v) is 13.4. The number of nitrogens with two attached hydrogens (primary N) is 1. The van der Waals surface area contributed by atoms with Gasteiger partial charge in [0.2, 0.25) is 0 Å². The van der Waals surface area contributed by atoms with Gasteiger partial charge in [-0.3, -0.25) is 9.36 Å². The van der Waals surface area contributed by atoms with Crippen molar-refractivity contribution in [1.82, 2.24) is 24.1 Å². The Morgan fingerprint density at radius 2 is 1.81 bits per heavy atom. The third-order valence-electron chi connectivity index (χ3n) is 6.24. The molecular formula is C27H30BrClN6O2. The van der Waals surface area contributed by atoms with Crippen LogP contribution in [0.3, 0.4) is 0 Å². The average molecular weight is 586 g/mol. The standard InChI is InChI=1S/C27H30BrClN6O2/c1-17(2)23(33(15-7-14-30)26(36)20-10-12-21(28)13-11-20)25-31-24-22(29)18(3)32-35(24)27(37)34(25)16-19-8-5-4-6-9-19/h4-6,8-13,17,23H,7,14-16,30H2,1-3H3/t23-/m0/s1. The number of carbonyl (C=O) groups is 1. The van der Waals surface area contributed by atoms with Crippen LogP contribution in [0.2, 0.25) is 5.02 Å². The number of rotatable bonds is 9. The molecule has 2 N–H and O–H groups in total. The van der Waals surface area contributed by atoms with Crippen LogP contribution in [0.1, 0.15) is 53.7 Å². The number of nitrogens with zero attached hydrogens (tertiary/aromatic N) is 5. The first-order valence-electron chi connectivity index (χ1n) is 12.2. The minimum atomic E-state index is -0.518. The summed E-state index contributed by atoms with van der Waals surface area (Å²) in [5.74, 6) is 0.229. The van der Waals surface area contributed by atoms with E-state index in [1.54, 1.807) is 28.5 Å². The van der Waals surface area contributed by atoms with E-state index >= 15 is 0 Å². The van der Waals surface area contributed by atoms with Crippen molar-refractivity contribution in [1.29, 1.82) is 0 Å². The number of aryl methyl sites for hydroxylation is 1. The molecule has 8 nitrogen and oxygen atoms in total. The highest BCUT2D eigenvalue weighted by atomic mass is 79.9. The number of amides is 1. The summed E-state index contributed by atoms with van der Waals surface area (Å²) < 4.78 is 3.72. The van der Waals surface area contributed by atoms with Crippen molar-refractivity contribution in [2.24, 2.45) is 11.7 Å². The molecule has 1 atom stereocenters. The normalized spacial score (nSPS) is 12.3. The van der Waals surface area contributed by atoms with Gasteiger partial charge in [0, 0.05) is 16.6 Å². The lowest BCUT2D eigenvalue weighted by atomic mass is 9.99. The van der Waals surface area contributed by atoms with Gasteiger partial charge in [-0.15, -0.1) is 0 Å².